The summed E-state index contributed by atoms with van der Waals surface area (Å²) in [6.07, 6.45) is 31.8. The molecule has 1 aliphatic heterocycles. The maximum atomic E-state index is 12.8. The molecule has 0 saturated carbocycles. The Balaban J connectivity index is 2.45. The van der Waals surface area contributed by atoms with E-state index in [-0.39, 0.29) is 19.6 Å². The largest absolute Gasteiger partial charge is 0.457 e. The monoisotopic (exact) mass is 833 g/mol. The minimum absolute atomic E-state index is 0.0228. The fourth-order valence-corrected chi connectivity index (χ4v) is 7.20. The number of carbonyl (C=O) groups is 1. The van der Waals surface area contributed by atoms with Gasteiger partial charge >= 0.3 is 16.4 Å². The number of allylic oxidation sites excluding steroid dienone is 6. The molecule has 0 aromatic carbocycles. The summed E-state index contributed by atoms with van der Waals surface area (Å²) < 4.78 is 59.0. The predicted octanol–water partition coefficient (Wildman–Crippen LogP) is 9.02. The Labute approximate surface area is 345 Å². The van der Waals surface area contributed by atoms with E-state index in [0.717, 1.165) is 70.6 Å². The van der Waals surface area contributed by atoms with Gasteiger partial charge in [-0.2, -0.15) is 8.42 Å². The second-order valence-electron chi connectivity index (χ2n) is 15.3. The molecule has 0 bridgehead atoms. The number of esters is 1. The second-order valence-corrected chi connectivity index (χ2v) is 16.3. The van der Waals surface area contributed by atoms with Crippen molar-refractivity contribution in [3.63, 3.8) is 0 Å². The van der Waals surface area contributed by atoms with Gasteiger partial charge in [0.05, 0.1) is 19.8 Å². The molecule has 1 saturated heterocycles. The Morgan fingerprint density at radius 1 is 0.684 bits per heavy atom. The molecule has 6 atom stereocenters. The molecular formula is C44H80O12S. The standard InChI is InChI=1S/C44H80O12S/c1-3-5-7-9-11-13-15-17-19-20-21-23-25-27-29-31-33-40(46)54-38(36-52-34-32-30-28-26-24-22-18-16-14-12-10-8-6-4-2)37-53-44-42(48)43(56-57(49,50)51)41(47)39(35-45)55-44/h6,8,12,14,18,22,38-39,41-45,47-48H,3-5,7,9-11,13,15-17,19-21,23-37H2,1-2H3,(H,49,50,51)/b8-6-,14-12-,22-18-. The lowest BCUT2D eigenvalue weighted by Crippen LogP contribution is -2.60. The summed E-state index contributed by atoms with van der Waals surface area (Å²) in [5.41, 5.74) is 0. The van der Waals surface area contributed by atoms with Gasteiger partial charge in [0.15, 0.2) is 6.29 Å². The highest BCUT2D eigenvalue weighted by Gasteiger charge is 2.48. The van der Waals surface area contributed by atoms with E-state index in [0.29, 0.717) is 13.0 Å². The quantitative estimate of drug-likeness (QED) is 0.0201. The maximum Gasteiger partial charge on any atom is 0.397 e. The van der Waals surface area contributed by atoms with Gasteiger partial charge in [0.25, 0.3) is 0 Å². The third-order valence-corrected chi connectivity index (χ3v) is 10.5. The minimum Gasteiger partial charge on any atom is -0.457 e. The van der Waals surface area contributed by atoms with Crippen LogP contribution in [0.4, 0.5) is 0 Å². The van der Waals surface area contributed by atoms with Gasteiger partial charge in [-0.3, -0.25) is 9.35 Å². The van der Waals surface area contributed by atoms with Crippen molar-refractivity contribution in [3.8, 4) is 0 Å². The van der Waals surface area contributed by atoms with E-state index in [2.05, 4.69) is 54.5 Å². The Bertz CT molecular complexity index is 1140. The van der Waals surface area contributed by atoms with E-state index in [1.54, 1.807) is 0 Å². The summed E-state index contributed by atoms with van der Waals surface area (Å²) >= 11 is 0. The Hall–Kier alpha value is -1.68. The summed E-state index contributed by atoms with van der Waals surface area (Å²) in [5.74, 6) is -0.407. The van der Waals surface area contributed by atoms with Crippen LogP contribution in [-0.2, 0) is 38.3 Å². The summed E-state index contributed by atoms with van der Waals surface area (Å²) in [4.78, 5) is 12.8. The van der Waals surface area contributed by atoms with Crippen LogP contribution in [0.25, 0.3) is 0 Å². The molecule has 0 aliphatic carbocycles. The maximum absolute atomic E-state index is 12.8. The molecule has 0 radical (unpaired) electrons. The van der Waals surface area contributed by atoms with Crippen molar-refractivity contribution in [2.75, 3.05) is 26.4 Å². The van der Waals surface area contributed by atoms with Crippen molar-refractivity contribution in [2.45, 2.75) is 211 Å². The first-order valence-electron chi connectivity index (χ1n) is 22.2. The van der Waals surface area contributed by atoms with Crippen LogP contribution < -0.4 is 0 Å². The van der Waals surface area contributed by atoms with E-state index >= 15 is 0 Å². The number of ether oxygens (including phenoxy) is 4. The SMILES string of the molecule is CC/C=C\C/C=C\C/C=C\CCCCCCOCC(COC1OC(CO)C(O)C(OS(=O)(=O)O)C1O)OC(=O)CCCCCCCCCCCCCCCCCC. The van der Waals surface area contributed by atoms with Crippen LogP contribution in [-0.4, -0.2) is 97.5 Å². The smallest absolute Gasteiger partial charge is 0.397 e. The molecule has 57 heavy (non-hydrogen) atoms. The van der Waals surface area contributed by atoms with Crippen LogP contribution in [0, 0.1) is 0 Å². The van der Waals surface area contributed by atoms with Gasteiger partial charge in [-0.1, -0.05) is 159 Å². The zero-order valence-corrected chi connectivity index (χ0v) is 36.2. The number of carbonyl (C=O) groups excluding carboxylic acids is 1. The highest BCUT2D eigenvalue weighted by atomic mass is 32.3. The predicted molar refractivity (Wildman–Crippen MR) is 225 cm³/mol. The zero-order valence-electron chi connectivity index (χ0n) is 35.4. The van der Waals surface area contributed by atoms with Crippen LogP contribution in [0.1, 0.15) is 174 Å². The summed E-state index contributed by atoms with van der Waals surface area (Å²) in [6.45, 7) is 3.83. The van der Waals surface area contributed by atoms with E-state index in [1.165, 1.54) is 77.0 Å². The molecule has 334 valence electrons. The second kappa shape index (κ2) is 36.2. The number of unbranched alkanes of at least 4 members (excludes halogenated alkanes) is 19. The topological polar surface area (TPSA) is 178 Å². The summed E-state index contributed by atoms with van der Waals surface area (Å²) in [6, 6.07) is 0. The molecule has 1 heterocycles. The molecule has 1 rings (SSSR count). The lowest BCUT2D eigenvalue weighted by atomic mass is 9.99. The van der Waals surface area contributed by atoms with Gasteiger partial charge in [0.1, 0.15) is 30.5 Å². The van der Waals surface area contributed by atoms with Crippen LogP contribution in [0.5, 0.6) is 0 Å². The molecule has 1 fully saturated rings. The third-order valence-electron chi connectivity index (χ3n) is 10.0. The Morgan fingerprint density at radius 2 is 1.21 bits per heavy atom. The number of aliphatic hydroxyl groups excluding tert-OH is 3. The highest BCUT2D eigenvalue weighted by molar-refractivity contribution is 7.80. The van der Waals surface area contributed by atoms with Crippen LogP contribution >= 0.6 is 0 Å². The lowest BCUT2D eigenvalue weighted by molar-refractivity contribution is -0.301. The summed E-state index contributed by atoms with van der Waals surface area (Å²) in [5, 5.41) is 30.6. The number of hydrogen-bond donors (Lipinski definition) is 4. The van der Waals surface area contributed by atoms with Crippen molar-refractivity contribution in [1.29, 1.82) is 0 Å². The van der Waals surface area contributed by atoms with Crippen LogP contribution in [0.3, 0.4) is 0 Å². The minimum atomic E-state index is -5.06. The first-order chi connectivity index (χ1) is 27.6. The molecule has 1 aliphatic rings. The van der Waals surface area contributed by atoms with Gasteiger partial charge in [-0.05, 0) is 44.9 Å². The van der Waals surface area contributed by atoms with Crippen molar-refractivity contribution >= 4 is 16.4 Å². The lowest BCUT2D eigenvalue weighted by Gasteiger charge is -2.41. The molecule has 12 nitrogen and oxygen atoms in total. The zero-order chi connectivity index (χ0) is 41.8. The Kier molecular flexibility index (Phi) is 33.9. The number of hydrogen-bond acceptors (Lipinski definition) is 11. The molecule has 0 aromatic heterocycles. The van der Waals surface area contributed by atoms with Crippen molar-refractivity contribution in [2.24, 2.45) is 0 Å². The highest BCUT2D eigenvalue weighted by Crippen LogP contribution is 2.26. The van der Waals surface area contributed by atoms with Crippen molar-refractivity contribution < 1.29 is 56.2 Å². The van der Waals surface area contributed by atoms with Gasteiger partial charge in [-0.25, -0.2) is 4.18 Å². The van der Waals surface area contributed by atoms with Gasteiger partial charge < -0.3 is 34.3 Å². The molecule has 13 heteroatoms. The van der Waals surface area contributed by atoms with E-state index in [9.17, 15) is 28.5 Å². The van der Waals surface area contributed by atoms with Gasteiger partial charge in [0, 0.05) is 13.0 Å². The van der Waals surface area contributed by atoms with Gasteiger partial charge in [-0.15, -0.1) is 0 Å². The number of aliphatic hydroxyl groups is 3. The first kappa shape index (κ1) is 53.3. The van der Waals surface area contributed by atoms with E-state index in [1.807, 2.05) is 0 Å². The van der Waals surface area contributed by atoms with Gasteiger partial charge in [0.2, 0.25) is 0 Å². The Morgan fingerprint density at radius 3 is 1.77 bits per heavy atom. The average Bonchev–Trinajstić information content (AvgIpc) is 3.18. The van der Waals surface area contributed by atoms with E-state index < -0.39 is 59.8 Å². The molecule has 0 aromatic rings. The van der Waals surface area contributed by atoms with E-state index in [4.69, 9.17) is 23.5 Å². The van der Waals surface area contributed by atoms with Crippen LogP contribution in [0.15, 0.2) is 36.5 Å². The summed E-state index contributed by atoms with van der Waals surface area (Å²) in [7, 11) is -5.06. The molecule has 6 unspecified atom stereocenters. The number of rotatable bonds is 38. The first-order valence-corrected chi connectivity index (χ1v) is 23.6. The van der Waals surface area contributed by atoms with Crippen molar-refractivity contribution in [3.05, 3.63) is 36.5 Å². The average molecular weight is 833 g/mol. The van der Waals surface area contributed by atoms with Crippen molar-refractivity contribution in [1.82, 2.24) is 0 Å². The third kappa shape index (κ3) is 30.1. The fourth-order valence-electron chi connectivity index (χ4n) is 6.69. The fraction of sp³-hybridized carbons (Fsp3) is 0.841. The molecule has 0 amide bonds. The molecular weight excluding hydrogens is 753 g/mol. The molecule has 4 N–H and O–H groups in total. The normalized spacial score (nSPS) is 21.0. The van der Waals surface area contributed by atoms with Crippen LogP contribution in [0.2, 0.25) is 0 Å². The molecule has 0 spiro atoms.